The summed E-state index contributed by atoms with van der Waals surface area (Å²) in [6.45, 7) is 0. The van der Waals surface area contributed by atoms with E-state index in [2.05, 4.69) is 0 Å². The van der Waals surface area contributed by atoms with E-state index in [0.717, 1.165) is 11.1 Å². The second-order valence-electron chi connectivity index (χ2n) is 12.7. The summed E-state index contributed by atoms with van der Waals surface area (Å²) in [5, 5.41) is 1.18. The van der Waals surface area contributed by atoms with Crippen molar-refractivity contribution in [2.24, 2.45) is 0 Å². The van der Waals surface area contributed by atoms with Gasteiger partial charge in [-0.1, -0.05) is 140 Å². The number of hydrogen-bond donors (Lipinski definition) is 0. The van der Waals surface area contributed by atoms with Crippen molar-refractivity contribution in [2.75, 3.05) is 4.90 Å². The van der Waals surface area contributed by atoms with Gasteiger partial charge in [-0.05, 0) is 35.9 Å². The molecule has 1 aliphatic heterocycles. The zero-order valence-corrected chi connectivity index (χ0v) is 27.7. The normalized spacial score (nSPS) is 12.4. The van der Waals surface area contributed by atoms with Crippen molar-refractivity contribution >= 4 is 50.9 Å². The number of carbonyl (C=O) groups excluding carboxylic acids is 4. The molecule has 52 heavy (non-hydrogen) atoms. The van der Waals surface area contributed by atoms with Crippen LogP contribution >= 0.6 is 0 Å². The first-order valence-electron chi connectivity index (χ1n) is 16.9. The van der Waals surface area contributed by atoms with Gasteiger partial charge in [0.2, 0.25) is 0 Å². The van der Waals surface area contributed by atoms with Gasteiger partial charge in [0.25, 0.3) is 11.8 Å². The van der Waals surface area contributed by atoms with Crippen LogP contribution < -0.4 is 4.90 Å². The van der Waals surface area contributed by atoms with Gasteiger partial charge in [-0.25, -0.2) is 4.90 Å². The number of fused-ring (bicyclic) bond motifs is 4. The summed E-state index contributed by atoms with van der Waals surface area (Å²) in [4.78, 5) is 58.6. The summed E-state index contributed by atoms with van der Waals surface area (Å²) < 4.78 is 1.91. The van der Waals surface area contributed by atoms with Crippen molar-refractivity contribution in [1.82, 2.24) is 4.57 Å². The smallest absolute Gasteiger partial charge is 0.268 e. The number of para-hydroxylation sites is 1. The molecule has 0 spiro atoms. The number of benzene rings is 7. The monoisotopic (exact) mass is 672 g/mol. The van der Waals surface area contributed by atoms with Crippen molar-refractivity contribution in [3.63, 3.8) is 0 Å². The van der Waals surface area contributed by atoms with E-state index in [0.29, 0.717) is 55.4 Å². The standard InChI is InChI=1S/C46H28N2O4/c49-43(30-17-6-2-7-18-30)33-22-12-26-37-40(33)41-34(44(50)31-19-8-3-9-20-31)23-13-27-38(41)47(37)39-28-14-24-35-42(39)46(52)48(45(35)51)36-25-11-10-21-32(36)29-15-4-1-5-16-29/h1-28H. The summed E-state index contributed by atoms with van der Waals surface area (Å²) in [7, 11) is 0. The minimum atomic E-state index is -0.456. The van der Waals surface area contributed by atoms with Crippen LogP contribution in [0.1, 0.15) is 52.6 Å². The average molecular weight is 673 g/mol. The van der Waals surface area contributed by atoms with Crippen LogP contribution in [0.5, 0.6) is 0 Å². The van der Waals surface area contributed by atoms with Crippen LogP contribution in [0.25, 0.3) is 38.6 Å². The van der Waals surface area contributed by atoms with Gasteiger partial charge in [-0.15, -0.1) is 0 Å². The van der Waals surface area contributed by atoms with E-state index in [-0.39, 0.29) is 22.7 Å². The van der Waals surface area contributed by atoms with E-state index in [1.807, 2.05) is 120 Å². The van der Waals surface area contributed by atoms with Gasteiger partial charge in [-0.2, -0.15) is 0 Å². The number of anilines is 1. The second-order valence-corrected chi connectivity index (χ2v) is 12.7. The molecule has 0 bridgehead atoms. The predicted molar refractivity (Wildman–Crippen MR) is 204 cm³/mol. The van der Waals surface area contributed by atoms with Gasteiger partial charge in [0.15, 0.2) is 11.6 Å². The van der Waals surface area contributed by atoms with E-state index in [1.165, 1.54) is 4.90 Å². The van der Waals surface area contributed by atoms with Crippen LogP contribution in [-0.2, 0) is 0 Å². The molecule has 6 nitrogen and oxygen atoms in total. The molecule has 1 aliphatic rings. The molecule has 2 heterocycles. The first-order chi connectivity index (χ1) is 25.5. The van der Waals surface area contributed by atoms with Crippen molar-refractivity contribution < 1.29 is 19.2 Å². The topological polar surface area (TPSA) is 76.5 Å². The third-order valence-corrected chi connectivity index (χ3v) is 9.74. The van der Waals surface area contributed by atoms with Crippen molar-refractivity contribution in [3.8, 4) is 16.8 Å². The van der Waals surface area contributed by atoms with Gasteiger partial charge in [-0.3, -0.25) is 19.2 Å². The molecule has 0 unspecified atom stereocenters. The number of carbonyl (C=O) groups is 4. The molecule has 6 heteroatoms. The number of imide groups is 1. The molecule has 1 aromatic heterocycles. The Balaban J connectivity index is 1.31. The van der Waals surface area contributed by atoms with Crippen LogP contribution in [0.2, 0.25) is 0 Å². The lowest BCUT2D eigenvalue weighted by molar-refractivity contribution is 0.0924. The Bertz CT molecular complexity index is 2640. The molecular formula is C46H28N2O4. The molecule has 0 aliphatic carbocycles. The summed E-state index contributed by atoms with van der Waals surface area (Å²) in [6.07, 6.45) is 0. The SMILES string of the molecule is O=C(c1ccccc1)c1cccc2c1c1c(C(=O)c3ccccc3)cccc1n2-c1cccc2c1C(=O)N(c1ccccc1-c1ccccc1)C2=O. The van der Waals surface area contributed by atoms with E-state index >= 15 is 0 Å². The quantitative estimate of drug-likeness (QED) is 0.125. The summed E-state index contributed by atoms with van der Waals surface area (Å²) in [5.41, 5.74) is 6.24. The van der Waals surface area contributed by atoms with Crippen molar-refractivity contribution in [1.29, 1.82) is 0 Å². The third-order valence-electron chi connectivity index (χ3n) is 9.74. The molecule has 0 saturated carbocycles. The fraction of sp³-hybridized carbons (Fsp3) is 0. The lowest BCUT2D eigenvalue weighted by Crippen LogP contribution is -2.30. The highest BCUT2D eigenvalue weighted by Gasteiger charge is 2.40. The van der Waals surface area contributed by atoms with Crippen LogP contribution in [0.3, 0.4) is 0 Å². The first kappa shape index (κ1) is 30.8. The molecule has 0 fully saturated rings. The number of hydrogen-bond acceptors (Lipinski definition) is 4. The van der Waals surface area contributed by atoms with Crippen molar-refractivity contribution in [2.45, 2.75) is 0 Å². The summed E-state index contributed by atoms with van der Waals surface area (Å²) in [6, 6.07) is 51.3. The molecule has 0 atom stereocenters. The van der Waals surface area contributed by atoms with Crippen LogP contribution in [0, 0.1) is 0 Å². The Kier molecular flexibility index (Phi) is 7.30. The highest BCUT2D eigenvalue weighted by atomic mass is 16.2. The summed E-state index contributed by atoms with van der Waals surface area (Å²) >= 11 is 0. The van der Waals surface area contributed by atoms with Gasteiger partial charge < -0.3 is 4.57 Å². The highest BCUT2D eigenvalue weighted by Crippen LogP contribution is 2.42. The van der Waals surface area contributed by atoms with Gasteiger partial charge in [0.05, 0.1) is 33.5 Å². The number of aromatic nitrogens is 1. The molecule has 0 N–H and O–H groups in total. The Hall–Kier alpha value is -7.18. The zero-order chi connectivity index (χ0) is 35.3. The molecule has 0 saturated heterocycles. The van der Waals surface area contributed by atoms with E-state index in [9.17, 15) is 19.2 Å². The lowest BCUT2D eigenvalue weighted by atomic mass is 9.94. The lowest BCUT2D eigenvalue weighted by Gasteiger charge is -2.18. The molecule has 0 radical (unpaired) electrons. The molecular weight excluding hydrogens is 645 g/mol. The molecule has 9 rings (SSSR count). The van der Waals surface area contributed by atoms with Gasteiger partial charge in [0, 0.05) is 38.6 Å². The van der Waals surface area contributed by atoms with Crippen molar-refractivity contribution in [3.05, 3.63) is 203 Å². The number of amides is 2. The van der Waals surface area contributed by atoms with Crippen LogP contribution in [0.4, 0.5) is 5.69 Å². The third kappa shape index (κ3) is 4.73. The van der Waals surface area contributed by atoms with Gasteiger partial charge >= 0.3 is 0 Å². The van der Waals surface area contributed by atoms with E-state index in [4.69, 9.17) is 0 Å². The maximum absolute atomic E-state index is 14.7. The van der Waals surface area contributed by atoms with Crippen LogP contribution in [-0.4, -0.2) is 27.9 Å². The fourth-order valence-corrected chi connectivity index (χ4v) is 7.44. The Morgan fingerprint density at radius 1 is 0.404 bits per heavy atom. The maximum atomic E-state index is 14.7. The fourth-order valence-electron chi connectivity index (χ4n) is 7.44. The predicted octanol–water partition coefficient (Wildman–Crippen LogP) is 9.71. The second kappa shape index (κ2) is 12.3. The maximum Gasteiger partial charge on any atom is 0.268 e. The zero-order valence-electron chi connectivity index (χ0n) is 27.7. The molecule has 7 aromatic carbocycles. The molecule has 8 aromatic rings. The van der Waals surface area contributed by atoms with E-state index in [1.54, 1.807) is 54.6 Å². The molecule has 246 valence electrons. The average Bonchev–Trinajstić information content (AvgIpc) is 3.69. The Morgan fingerprint density at radius 3 is 1.44 bits per heavy atom. The Labute approximate surface area is 298 Å². The number of rotatable bonds is 7. The Morgan fingerprint density at radius 2 is 0.865 bits per heavy atom. The van der Waals surface area contributed by atoms with Gasteiger partial charge in [0.1, 0.15) is 0 Å². The minimum absolute atomic E-state index is 0.194. The first-order valence-corrected chi connectivity index (χ1v) is 16.9. The highest BCUT2D eigenvalue weighted by molar-refractivity contribution is 6.37. The van der Waals surface area contributed by atoms with E-state index < -0.39 is 11.8 Å². The van der Waals surface area contributed by atoms with Crippen LogP contribution in [0.15, 0.2) is 170 Å². The largest absolute Gasteiger partial charge is 0.308 e. The summed E-state index contributed by atoms with van der Waals surface area (Å²) in [5.74, 6) is -1.27. The number of nitrogens with zero attached hydrogens (tertiary/aromatic N) is 2. The minimum Gasteiger partial charge on any atom is -0.308 e. The molecule has 2 amide bonds. The number of ketones is 2.